The molecule has 2 aromatic rings. The summed E-state index contributed by atoms with van der Waals surface area (Å²) >= 11 is 0. The SMILES string of the molecule is CCCc1ccc(NC(=O)c2cccc(NC(=O)C3CC3)c2)cc1. The van der Waals surface area contributed by atoms with Crippen LogP contribution in [0.4, 0.5) is 11.4 Å². The largest absolute Gasteiger partial charge is 0.326 e. The Hall–Kier alpha value is -2.62. The van der Waals surface area contributed by atoms with Gasteiger partial charge in [0.2, 0.25) is 5.91 Å². The van der Waals surface area contributed by atoms with E-state index >= 15 is 0 Å². The first-order valence-electron chi connectivity index (χ1n) is 8.47. The fraction of sp³-hybridized carbons (Fsp3) is 0.300. The van der Waals surface area contributed by atoms with Crippen LogP contribution in [0.5, 0.6) is 0 Å². The minimum atomic E-state index is -0.180. The van der Waals surface area contributed by atoms with Gasteiger partial charge in [-0.15, -0.1) is 0 Å². The van der Waals surface area contributed by atoms with Crippen molar-refractivity contribution in [1.29, 1.82) is 0 Å². The Morgan fingerprint density at radius 2 is 1.75 bits per heavy atom. The molecule has 0 saturated heterocycles. The van der Waals surface area contributed by atoms with Crippen molar-refractivity contribution in [2.24, 2.45) is 5.92 Å². The Bertz CT molecular complexity index is 734. The molecule has 0 heterocycles. The second-order valence-electron chi connectivity index (χ2n) is 6.25. The summed E-state index contributed by atoms with van der Waals surface area (Å²) in [5.74, 6) is 0.00366. The molecule has 1 fully saturated rings. The molecule has 0 spiro atoms. The van der Waals surface area contributed by atoms with Gasteiger partial charge in [0.15, 0.2) is 0 Å². The van der Waals surface area contributed by atoms with Gasteiger partial charge in [-0.05, 0) is 55.2 Å². The molecule has 0 aromatic heterocycles. The molecule has 0 atom stereocenters. The summed E-state index contributed by atoms with van der Waals surface area (Å²) in [6.45, 7) is 2.14. The van der Waals surface area contributed by atoms with Crippen LogP contribution in [0.1, 0.15) is 42.1 Å². The minimum Gasteiger partial charge on any atom is -0.326 e. The average molecular weight is 322 g/mol. The fourth-order valence-electron chi connectivity index (χ4n) is 2.57. The van der Waals surface area contributed by atoms with Crippen molar-refractivity contribution < 1.29 is 9.59 Å². The maximum Gasteiger partial charge on any atom is 0.255 e. The number of anilines is 2. The van der Waals surface area contributed by atoms with E-state index in [1.165, 1.54) is 5.56 Å². The Labute approximate surface area is 142 Å². The Kier molecular flexibility index (Phi) is 4.94. The second-order valence-corrected chi connectivity index (χ2v) is 6.25. The number of benzene rings is 2. The van der Waals surface area contributed by atoms with E-state index in [0.717, 1.165) is 31.4 Å². The van der Waals surface area contributed by atoms with Gasteiger partial charge >= 0.3 is 0 Å². The van der Waals surface area contributed by atoms with E-state index in [4.69, 9.17) is 0 Å². The molecule has 1 aliphatic rings. The third-order valence-corrected chi connectivity index (χ3v) is 4.09. The van der Waals surface area contributed by atoms with Crippen molar-refractivity contribution >= 4 is 23.2 Å². The fourth-order valence-corrected chi connectivity index (χ4v) is 2.57. The van der Waals surface area contributed by atoms with Crippen LogP contribution in [-0.2, 0) is 11.2 Å². The molecule has 4 heteroatoms. The van der Waals surface area contributed by atoms with Crippen LogP contribution < -0.4 is 10.6 Å². The van der Waals surface area contributed by atoms with Gasteiger partial charge in [0.1, 0.15) is 0 Å². The molecule has 1 aliphatic carbocycles. The maximum absolute atomic E-state index is 12.4. The van der Waals surface area contributed by atoms with Crippen LogP contribution in [-0.4, -0.2) is 11.8 Å². The zero-order chi connectivity index (χ0) is 16.9. The van der Waals surface area contributed by atoms with Crippen molar-refractivity contribution in [2.75, 3.05) is 10.6 Å². The maximum atomic E-state index is 12.4. The summed E-state index contributed by atoms with van der Waals surface area (Å²) < 4.78 is 0. The third-order valence-electron chi connectivity index (χ3n) is 4.09. The number of carbonyl (C=O) groups excluding carboxylic acids is 2. The van der Waals surface area contributed by atoms with Crippen molar-refractivity contribution in [3.63, 3.8) is 0 Å². The van der Waals surface area contributed by atoms with Crippen molar-refractivity contribution in [2.45, 2.75) is 32.6 Å². The topological polar surface area (TPSA) is 58.2 Å². The molecule has 0 unspecified atom stereocenters. The van der Waals surface area contributed by atoms with Gasteiger partial charge in [0, 0.05) is 22.9 Å². The first-order chi connectivity index (χ1) is 11.7. The Morgan fingerprint density at radius 3 is 2.42 bits per heavy atom. The van der Waals surface area contributed by atoms with Gasteiger partial charge in [0.05, 0.1) is 0 Å². The van der Waals surface area contributed by atoms with Gasteiger partial charge in [0.25, 0.3) is 5.91 Å². The highest BCUT2D eigenvalue weighted by Gasteiger charge is 2.29. The lowest BCUT2D eigenvalue weighted by atomic mass is 10.1. The lowest BCUT2D eigenvalue weighted by Gasteiger charge is -2.09. The predicted octanol–water partition coefficient (Wildman–Crippen LogP) is 4.24. The highest BCUT2D eigenvalue weighted by atomic mass is 16.2. The predicted molar refractivity (Wildman–Crippen MR) is 96.2 cm³/mol. The number of amides is 2. The summed E-state index contributed by atoms with van der Waals surface area (Å²) in [5.41, 5.74) is 3.23. The molecule has 1 saturated carbocycles. The molecule has 4 nitrogen and oxygen atoms in total. The van der Waals surface area contributed by atoms with Crippen LogP contribution >= 0.6 is 0 Å². The molecule has 2 N–H and O–H groups in total. The van der Waals surface area contributed by atoms with E-state index < -0.39 is 0 Å². The van der Waals surface area contributed by atoms with E-state index in [1.54, 1.807) is 24.3 Å². The first kappa shape index (κ1) is 16.2. The highest BCUT2D eigenvalue weighted by Crippen LogP contribution is 2.30. The number of hydrogen-bond acceptors (Lipinski definition) is 2. The molecular formula is C20H22N2O2. The van der Waals surface area contributed by atoms with E-state index in [0.29, 0.717) is 11.3 Å². The van der Waals surface area contributed by atoms with Crippen LogP contribution in [0.15, 0.2) is 48.5 Å². The monoisotopic (exact) mass is 322 g/mol. The number of hydrogen-bond donors (Lipinski definition) is 2. The number of rotatable bonds is 6. The van der Waals surface area contributed by atoms with Crippen LogP contribution in [0.3, 0.4) is 0 Å². The van der Waals surface area contributed by atoms with Gasteiger partial charge in [-0.3, -0.25) is 9.59 Å². The van der Waals surface area contributed by atoms with Crippen LogP contribution in [0.2, 0.25) is 0 Å². The number of aryl methyl sites for hydroxylation is 1. The van der Waals surface area contributed by atoms with Crippen LogP contribution in [0, 0.1) is 5.92 Å². The molecule has 3 rings (SSSR count). The van der Waals surface area contributed by atoms with Gasteiger partial charge in [-0.25, -0.2) is 0 Å². The van der Waals surface area contributed by atoms with Gasteiger partial charge in [-0.1, -0.05) is 31.5 Å². The smallest absolute Gasteiger partial charge is 0.255 e. The molecule has 0 aliphatic heterocycles. The third kappa shape index (κ3) is 4.22. The van der Waals surface area contributed by atoms with E-state index in [1.807, 2.05) is 24.3 Å². The number of carbonyl (C=O) groups is 2. The molecule has 0 radical (unpaired) electrons. The van der Waals surface area contributed by atoms with Crippen molar-refractivity contribution in [3.05, 3.63) is 59.7 Å². The lowest BCUT2D eigenvalue weighted by Crippen LogP contribution is -2.15. The Balaban J connectivity index is 1.64. The summed E-state index contributed by atoms with van der Waals surface area (Å²) in [7, 11) is 0. The van der Waals surface area contributed by atoms with E-state index in [9.17, 15) is 9.59 Å². The summed E-state index contributed by atoms with van der Waals surface area (Å²) in [5, 5.41) is 5.76. The van der Waals surface area contributed by atoms with Crippen LogP contribution in [0.25, 0.3) is 0 Å². The quantitative estimate of drug-likeness (QED) is 0.835. The standard InChI is InChI=1S/C20H22N2O2/c1-2-4-14-7-11-17(12-8-14)21-20(24)16-5-3-6-18(13-16)22-19(23)15-9-10-15/h3,5-8,11-13,15H,2,4,9-10H2,1H3,(H,21,24)(H,22,23). The lowest BCUT2D eigenvalue weighted by molar-refractivity contribution is -0.117. The molecule has 124 valence electrons. The average Bonchev–Trinajstić information content (AvgIpc) is 3.42. The zero-order valence-electron chi connectivity index (χ0n) is 13.8. The Morgan fingerprint density at radius 1 is 1.00 bits per heavy atom. The number of nitrogens with one attached hydrogen (secondary N) is 2. The normalized spacial score (nSPS) is 13.4. The highest BCUT2D eigenvalue weighted by molar-refractivity contribution is 6.05. The minimum absolute atomic E-state index is 0.0408. The summed E-state index contributed by atoms with van der Waals surface area (Å²) in [4.78, 5) is 24.2. The van der Waals surface area contributed by atoms with E-state index in [-0.39, 0.29) is 17.7 Å². The molecule has 0 bridgehead atoms. The van der Waals surface area contributed by atoms with Gasteiger partial charge < -0.3 is 10.6 Å². The molecule has 2 aromatic carbocycles. The summed E-state index contributed by atoms with van der Waals surface area (Å²) in [6, 6.07) is 14.9. The van der Waals surface area contributed by atoms with Gasteiger partial charge in [-0.2, -0.15) is 0 Å². The van der Waals surface area contributed by atoms with Crippen molar-refractivity contribution in [1.82, 2.24) is 0 Å². The molecular weight excluding hydrogens is 300 g/mol. The second kappa shape index (κ2) is 7.30. The van der Waals surface area contributed by atoms with Crippen molar-refractivity contribution in [3.8, 4) is 0 Å². The first-order valence-corrected chi connectivity index (χ1v) is 8.47. The zero-order valence-corrected chi connectivity index (χ0v) is 13.8. The van der Waals surface area contributed by atoms with E-state index in [2.05, 4.69) is 17.6 Å². The molecule has 2 amide bonds. The summed E-state index contributed by atoms with van der Waals surface area (Å²) in [6.07, 6.45) is 4.06. The molecule has 24 heavy (non-hydrogen) atoms.